The first kappa shape index (κ1) is 24.4. The first-order valence-corrected chi connectivity index (χ1v) is 11.1. The van der Waals surface area contributed by atoms with Gasteiger partial charge in [-0.05, 0) is 73.6 Å². The minimum atomic E-state index is -0.897. The van der Waals surface area contributed by atoms with Crippen molar-refractivity contribution in [1.82, 2.24) is 4.90 Å². The lowest BCUT2D eigenvalue weighted by atomic mass is 9.90. The van der Waals surface area contributed by atoms with Crippen molar-refractivity contribution >= 4 is 25.5 Å². The van der Waals surface area contributed by atoms with Crippen LogP contribution in [0.3, 0.4) is 0 Å². The maximum Gasteiger partial charge on any atom is 0.335 e. The molecule has 1 N–H and O–H groups in total. The molecule has 2 aromatic carbocycles. The number of carboxylic acids is 1. The summed E-state index contributed by atoms with van der Waals surface area (Å²) in [6.07, 6.45) is 7.53. The van der Waals surface area contributed by atoms with Gasteiger partial charge in [0.15, 0.2) is 0 Å². The average Bonchev–Trinajstić information content (AvgIpc) is 3.27. The molecule has 0 bridgehead atoms. The first-order valence-electron chi connectivity index (χ1n) is 11.1. The summed E-state index contributed by atoms with van der Waals surface area (Å²) < 4.78 is 11.8. The molecule has 2 aliphatic rings. The van der Waals surface area contributed by atoms with E-state index in [4.69, 9.17) is 9.47 Å². The number of aromatic carboxylic acids is 1. The van der Waals surface area contributed by atoms with Gasteiger partial charge in [-0.15, -0.1) is 0 Å². The van der Waals surface area contributed by atoms with Crippen LogP contribution in [0.2, 0.25) is 0 Å². The molecule has 0 amide bonds. The molecule has 0 radical (unpaired) electrons. The summed E-state index contributed by atoms with van der Waals surface area (Å²) in [7, 11) is 1.74. The monoisotopic (exact) mass is 455 g/mol. The highest BCUT2D eigenvalue weighted by Crippen LogP contribution is 2.39. The van der Waals surface area contributed by atoms with Gasteiger partial charge in [0.25, 0.3) is 0 Å². The van der Waals surface area contributed by atoms with Crippen LogP contribution in [-0.2, 0) is 17.7 Å². The molecular formula is C26H33NO4S. The Morgan fingerprint density at radius 3 is 2.66 bits per heavy atom. The summed E-state index contributed by atoms with van der Waals surface area (Å²) in [5.74, 6) is 0.0423. The Balaban J connectivity index is 0.00000289. The van der Waals surface area contributed by atoms with E-state index in [2.05, 4.69) is 30.0 Å². The van der Waals surface area contributed by atoms with Crippen LogP contribution >= 0.6 is 13.5 Å². The van der Waals surface area contributed by atoms with Crippen molar-refractivity contribution in [2.75, 3.05) is 20.3 Å². The van der Waals surface area contributed by atoms with E-state index < -0.39 is 5.97 Å². The van der Waals surface area contributed by atoms with Crippen LogP contribution in [0.5, 0.6) is 5.75 Å². The van der Waals surface area contributed by atoms with Crippen LogP contribution in [-0.4, -0.2) is 42.3 Å². The zero-order chi connectivity index (χ0) is 22.0. The number of carbonyl (C=O) groups is 1. The third kappa shape index (κ3) is 4.87. The van der Waals surface area contributed by atoms with Gasteiger partial charge in [0, 0.05) is 31.3 Å². The van der Waals surface area contributed by atoms with Crippen LogP contribution in [0.4, 0.5) is 0 Å². The number of rotatable bonds is 7. The number of piperidine rings is 1. The molecule has 0 unspecified atom stereocenters. The lowest BCUT2D eigenvalue weighted by Crippen LogP contribution is -2.39. The molecule has 2 aromatic rings. The van der Waals surface area contributed by atoms with E-state index in [9.17, 15) is 9.90 Å². The van der Waals surface area contributed by atoms with Gasteiger partial charge in [-0.2, -0.15) is 13.5 Å². The molecule has 32 heavy (non-hydrogen) atoms. The normalized spacial score (nSPS) is 20.0. The Morgan fingerprint density at radius 1 is 1.25 bits per heavy atom. The van der Waals surface area contributed by atoms with E-state index in [0.29, 0.717) is 12.2 Å². The summed E-state index contributed by atoms with van der Waals surface area (Å²) in [4.78, 5) is 13.8. The van der Waals surface area contributed by atoms with E-state index in [-0.39, 0.29) is 25.6 Å². The standard InChI is InChI=1S/C26H31NO4.H2S/c1-4-31-20-12-13-27(24(15-20)18-8-10-19(11-9-18)26(28)29)16-23-22-7-5-6-21(22)17(2)14-25(23)30-3;/h5,7-11,14,20,24H,4,6,12-13,15-16H2,1-3H3,(H,28,29);1H2/t20-,24-;/m0./s1. The van der Waals surface area contributed by atoms with Gasteiger partial charge in [0.1, 0.15) is 5.75 Å². The van der Waals surface area contributed by atoms with Gasteiger partial charge < -0.3 is 14.6 Å². The lowest BCUT2D eigenvalue weighted by Gasteiger charge is -2.40. The fraction of sp³-hybridized carbons (Fsp3) is 0.423. The molecule has 1 heterocycles. The topological polar surface area (TPSA) is 59.0 Å². The second-order valence-electron chi connectivity index (χ2n) is 8.39. The van der Waals surface area contributed by atoms with Crippen molar-refractivity contribution < 1.29 is 19.4 Å². The first-order chi connectivity index (χ1) is 15.0. The van der Waals surface area contributed by atoms with Crippen LogP contribution in [0.15, 0.2) is 36.4 Å². The van der Waals surface area contributed by atoms with Gasteiger partial charge >= 0.3 is 5.97 Å². The highest BCUT2D eigenvalue weighted by molar-refractivity contribution is 7.59. The Hall–Kier alpha value is -2.28. The molecule has 0 spiro atoms. The predicted octanol–water partition coefficient (Wildman–Crippen LogP) is 5.13. The fourth-order valence-corrected chi connectivity index (χ4v) is 4.97. The number of methoxy groups -OCH3 is 1. The molecule has 1 fully saturated rings. The Kier molecular flexibility index (Phi) is 8.04. The number of aryl methyl sites for hydroxylation is 1. The second kappa shape index (κ2) is 10.6. The highest BCUT2D eigenvalue weighted by Gasteiger charge is 2.31. The summed E-state index contributed by atoms with van der Waals surface area (Å²) in [6, 6.07) is 9.63. The molecule has 5 nitrogen and oxygen atoms in total. The summed E-state index contributed by atoms with van der Waals surface area (Å²) >= 11 is 0. The van der Waals surface area contributed by atoms with Crippen molar-refractivity contribution in [1.29, 1.82) is 0 Å². The molecule has 172 valence electrons. The zero-order valence-corrected chi connectivity index (χ0v) is 20.1. The quantitative estimate of drug-likeness (QED) is 0.627. The molecule has 2 atom stereocenters. The maximum absolute atomic E-state index is 11.3. The van der Waals surface area contributed by atoms with Crippen molar-refractivity contribution in [3.8, 4) is 5.75 Å². The van der Waals surface area contributed by atoms with E-state index in [1.807, 2.05) is 19.1 Å². The third-order valence-electron chi connectivity index (χ3n) is 6.57. The summed E-state index contributed by atoms with van der Waals surface area (Å²) in [5, 5.41) is 9.26. The van der Waals surface area contributed by atoms with Crippen LogP contribution in [0, 0.1) is 6.92 Å². The summed E-state index contributed by atoms with van der Waals surface area (Å²) in [6.45, 7) is 6.61. The minimum Gasteiger partial charge on any atom is -0.496 e. The van der Waals surface area contributed by atoms with Crippen LogP contribution < -0.4 is 4.74 Å². The van der Waals surface area contributed by atoms with Gasteiger partial charge in [-0.3, -0.25) is 4.90 Å². The smallest absolute Gasteiger partial charge is 0.335 e. The zero-order valence-electron chi connectivity index (χ0n) is 19.1. The van der Waals surface area contributed by atoms with Gasteiger partial charge in [-0.1, -0.05) is 24.3 Å². The molecule has 0 saturated carbocycles. The Labute approximate surface area is 197 Å². The van der Waals surface area contributed by atoms with E-state index in [1.54, 1.807) is 19.2 Å². The SMILES string of the molecule is CCO[C@H]1CCN(Cc2c(OC)cc(C)c3c2C=CC3)[C@H](c2ccc(C(=O)O)cc2)C1.S. The number of hydrogen-bond acceptors (Lipinski definition) is 4. The maximum atomic E-state index is 11.3. The number of allylic oxidation sites excluding steroid dienone is 1. The predicted molar refractivity (Wildman–Crippen MR) is 132 cm³/mol. The third-order valence-corrected chi connectivity index (χ3v) is 6.57. The number of ether oxygens (including phenoxy) is 2. The van der Waals surface area contributed by atoms with Crippen LogP contribution in [0.25, 0.3) is 6.08 Å². The van der Waals surface area contributed by atoms with Gasteiger partial charge in [-0.25, -0.2) is 4.79 Å². The Bertz CT molecular complexity index is 986. The number of benzene rings is 2. The fourth-order valence-electron chi connectivity index (χ4n) is 4.97. The molecule has 1 saturated heterocycles. The van der Waals surface area contributed by atoms with E-state index in [1.165, 1.54) is 22.3 Å². The highest BCUT2D eigenvalue weighted by atomic mass is 32.1. The Morgan fingerprint density at radius 2 is 2.00 bits per heavy atom. The molecule has 0 aromatic heterocycles. The van der Waals surface area contributed by atoms with Crippen LogP contribution in [0.1, 0.15) is 64.0 Å². The second-order valence-corrected chi connectivity index (χ2v) is 8.39. The van der Waals surface area contributed by atoms with Crippen molar-refractivity contribution in [3.05, 3.63) is 69.8 Å². The number of nitrogens with zero attached hydrogens (tertiary/aromatic N) is 1. The number of likely N-dealkylation sites (tertiary alicyclic amines) is 1. The van der Waals surface area contributed by atoms with E-state index in [0.717, 1.165) is 43.7 Å². The molecule has 1 aliphatic heterocycles. The van der Waals surface area contributed by atoms with Crippen molar-refractivity contribution in [2.45, 2.75) is 51.8 Å². The number of carboxylic acid groups (broad SMARTS) is 1. The average molecular weight is 456 g/mol. The van der Waals surface area contributed by atoms with Gasteiger partial charge in [0.05, 0.1) is 18.8 Å². The number of hydrogen-bond donors (Lipinski definition) is 1. The van der Waals surface area contributed by atoms with E-state index >= 15 is 0 Å². The largest absolute Gasteiger partial charge is 0.496 e. The van der Waals surface area contributed by atoms with Crippen molar-refractivity contribution in [3.63, 3.8) is 0 Å². The van der Waals surface area contributed by atoms with Gasteiger partial charge in [0.2, 0.25) is 0 Å². The molecule has 1 aliphatic carbocycles. The molecule has 4 rings (SSSR count). The lowest BCUT2D eigenvalue weighted by molar-refractivity contribution is -0.0139. The number of fused-ring (bicyclic) bond motifs is 1. The van der Waals surface area contributed by atoms with Crippen molar-refractivity contribution in [2.24, 2.45) is 0 Å². The molecular weight excluding hydrogens is 422 g/mol. The summed E-state index contributed by atoms with van der Waals surface area (Å²) in [5.41, 5.74) is 6.64. The molecule has 6 heteroatoms. The minimum absolute atomic E-state index is 0.